The Hall–Kier alpha value is -4.87. The van der Waals surface area contributed by atoms with Gasteiger partial charge in [0.15, 0.2) is 0 Å². The number of aromatic nitrogens is 2. The number of carboxylic acids is 1. The topological polar surface area (TPSA) is 99.0 Å². The van der Waals surface area contributed by atoms with E-state index in [9.17, 15) is 22.8 Å². The van der Waals surface area contributed by atoms with Gasteiger partial charge in [0.25, 0.3) is 11.8 Å². The minimum atomic E-state index is -5.08. The second-order valence-corrected chi connectivity index (χ2v) is 10.2. The highest BCUT2D eigenvalue weighted by molar-refractivity contribution is 6.14. The summed E-state index contributed by atoms with van der Waals surface area (Å²) in [6, 6.07) is 22.0. The molecule has 4 aromatic rings. The Morgan fingerprint density at radius 3 is 2.05 bits per heavy atom. The van der Waals surface area contributed by atoms with E-state index in [2.05, 4.69) is 22.0 Å². The van der Waals surface area contributed by atoms with E-state index in [1.165, 1.54) is 0 Å². The molecule has 0 aliphatic carbocycles. The molecule has 2 aliphatic rings. The van der Waals surface area contributed by atoms with Gasteiger partial charge in [-0.15, -0.1) is 0 Å². The van der Waals surface area contributed by atoms with Gasteiger partial charge in [-0.1, -0.05) is 54.6 Å². The molecule has 43 heavy (non-hydrogen) atoms. The fourth-order valence-corrected chi connectivity index (χ4v) is 5.48. The number of hydrogen-bond acceptors (Lipinski definition) is 5. The third kappa shape index (κ3) is 6.47. The molecule has 6 rings (SSSR count). The molecular formula is C31H30F3N5O4. The summed E-state index contributed by atoms with van der Waals surface area (Å²) < 4.78 is 33.7. The number of anilines is 1. The second-order valence-electron chi connectivity index (χ2n) is 10.2. The highest BCUT2D eigenvalue weighted by Crippen LogP contribution is 2.31. The summed E-state index contributed by atoms with van der Waals surface area (Å²) in [7, 11) is 0. The lowest BCUT2D eigenvalue weighted by Crippen LogP contribution is -2.49. The van der Waals surface area contributed by atoms with Crippen molar-refractivity contribution in [3.63, 3.8) is 0 Å². The van der Waals surface area contributed by atoms with Crippen molar-refractivity contribution in [2.45, 2.75) is 25.7 Å². The molecule has 0 unspecified atom stereocenters. The van der Waals surface area contributed by atoms with Crippen molar-refractivity contribution < 1.29 is 32.7 Å². The van der Waals surface area contributed by atoms with Crippen molar-refractivity contribution in [3.8, 4) is 0 Å². The summed E-state index contributed by atoms with van der Waals surface area (Å²) in [6.07, 6.45) is -0.678. The van der Waals surface area contributed by atoms with Gasteiger partial charge in [0.1, 0.15) is 11.4 Å². The Morgan fingerprint density at radius 1 is 0.814 bits per heavy atom. The molecule has 12 heteroatoms. The number of aliphatic carboxylic acids is 1. The molecule has 2 aromatic heterocycles. The Morgan fingerprint density at radius 2 is 1.42 bits per heavy atom. The van der Waals surface area contributed by atoms with Crippen LogP contribution in [0, 0.1) is 0 Å². The van der Waals surface area contributed by atoms with E-state index in [0.717, 1.165) is 41.5 Å². The van der Waals surface area contributed by atoms with E-state index in [1.807, 2.05) is 69.0 Å². The SMILES string of the molecule is O=C(O)C(F)(F)F.O=C(c1c2ccccc2c2n1CCCN(Cc1ccccc1)C2=O)N1CCN(c2ccncc2)CC1. The fourth-order valence-electron chi connectivity index (χ4n) is 5.48. The molecule has 2 aromatic carbocycles. The van der Waals surface area contributed by atoms with Gasteiger partial charge in [0.2, 0.25) is 0 Å². The summed E-state index contributed by atoms with van der Waals surface area (Å²) >= 11 is 0. The molecule has 2 aliphatic heterocycles. The van der Waals surface area contributed by atoms with Crippen LogP contribution in [-0.4, -0.2) is 81.1 Å². The molecule has 9 nitrogen and oxygen atoms in total. The first kappa shape index (κ1) is 29.6. The number of pyridine rings is 1. The average Bonchev–Trinajstić information content (AvgIpc) is 3.26. The van der Waals surface area contributed by atoms with Gasteiger partial charge in [0, 0.05) is 74.7 Å². The predicted octanol–water partition coefficient (Wildman–Crippen LogP) is 4.68. The number of nitrogens with zero attached hydrogens (tertiary/aromatic N) is 5. The summed E-state index contributed by atoms with van der Waals surface area (Å²) in [4.78, 5) is 46.9. The second kappa shape index (κ2) is 12.6. The van der Waals surface area contributed by atoms with Gasteiger partial charge < -0.3 is 24.4 Å². The highest BCUT2D eigenvalue weighted by atomic mass is 19.4. The van der Waals surface area contributed by atoms with E-state index >= 15 is 0 Å². The van der Waals surface area contributed by atoms with Crippen LogP contribution in [0.4, 0.5) is 18.9 Å². The van der Waals surface area contributed by atoms with Gasteiger partial charge in [-0.2, -0.15) is 13.2 Å². The molecule has 0 saturated carbocycles. The van der Waals surface area contributed by atoms with Crippen molar-refractivity contribution in [2.75, 3.05) is 37.6 Å². The molecule has 0 spiro atoms. The molecule has 224 valence electrons. The number of fused-ring (bicyclic) bond motifs is 3. The van der Waals surface area contributed by atoms with Gasteiger partial charge >= 0.3 is 12.1 Å². The number of amides is 2. The summed E-state index contributed by atoms with van der Waals surface area (Å²) in [5.74, 6) is -2.75. The first-order valence-electron chi connectivity index (χ1n) is 13.8. The zero-order valence-corrected chi connectivity index (χ0v) is 23.2. The van der Waals surface area contributed by atoms with E-state index in [-0.39, 0.29) is 11.8 Å². The van der Waals surface area contributed by atoms with Crippen LogP contribution in [-0.2, 0) is 17.9 Å². The van der Waals surface area contributed by atoms with Crippen molar-refractivity contribution in [3.05, 3.63) is 96.1 Å². The minimum absolute atomic E-state index is 0.00545. The molecule has 0 atom stereocenters. The van der Waals surface area contributed by atoms with Crippen LogP contribution in [0.25, 0.3) is 10.8 Å². The van der Waals surface area contributed by atoms with Crippen LogP contribution >= 0.6 is 0 Å². The van der Waals surface area contributed by atoms with Crippen molar-refractivity contribution in [1.82, 2.24) is 19.4 Å². The molecule has 4 heterocycles. The third-order valence-corrected chi connectivity index (χ3v) is 7.53. The van der Waals surface area contributed by atoms with Gasteiger partial charge in [0.05, 0.1) is 0 Å². The van der Waals surface area contributed by atoms with Crippen LogP contribution in [0.5, 0.6) is 0 Å². The highest BCUT2D eigenvalue weighted by Gasteiger charge is 2.38. The minimum Gasteiger partial charge on any atom is -0.475 e. The lowest BCUT2D eigenvalue weighted by atomic mass is 10.1. The molecule has 0 radical (unpaired) electrons. The number of carbonyl (C=O) groups is 3. The average molecular weight is 594 g/mol. The normalized spacial score (nSPS) is 15.4. The van der Waals surface area contributed by atoms with Gasteiger partial charge in [-0.3, -0.25) is 14.6 Å². The predicted molar refractivity (Wildman–Crippen MR) is 154 cm³/mol. The first-order chi connectivity index (χ1) is 20.6. The van der Waals surface area contributed by atoms with Crippen molar-refractivity contribution in [1.29, 1.82) is 0 Å². The first-order valence-corrected chi connectivity index (χ1v) is 13.8. The molecular weight excluding hydrogens is 563 g/mol. The Bertz CT molecular complexity index is 1600. The smallest absolute Gasteiger partial charge is 0.475 e. The number of halogens is 3. The molecule has 1 N–H and O–H groups in total. The Kier molecular flexibility index (Phi) is 8.65. The van der Waals surface area contributed by atoms with Crippen molar-refractivity contribution in [2.24, 2.45) is 0 Å². The molecule has 0 bridgehead atoms. The maximum absolute atomic E-state index is 13.9. The maximum Gasteiger partial charge on any atom is 0.490 e. The van der Waals surface area contributed by atoms with Crippen molar-refractivity contribution >= 4 is 34.2 Å². The van der Waals surface area contributed by atoms with E-state index in [1.54, 1.807) is 12.4 Å². The summed E-state index contributed by atoms with van der Waals surface area (Å²) in [6.45, 7) is 4.71. The summed E-state index contributed by atoms with van der Waals surface area (Å²) in [5, 5.41) is 8.85. The van der Waals surface area contributed by atoms with E-state index < -0.39 is 12.1 Å². The summed E-state index contributed by atoms with van der Waals surface area (Å²) in [5.41, 5.74) is 3.52. The molecule has 1 saturated heterocycles. The number of carboxylic acid groups (broad SMARTS) is 1. The molecule has 2 amide bonds. The maximum atomic E-state index is 13.9. The zero-order valence-electron chi connectivity index (χ0n) is 23.2. The van der Waals surface area contributed by atoms with Crippen LogP contribution in [0.3, 0.4) is 0 Å². The Balaban J connectivity index is 0.000000472. The lowest BCUT2D eigenvalue weighted by molar-refractivity contribution is -0.192. The molecule has 1 fully saturated rings. The lowest BCUT2D eigenvalue weighted by Gasteiger charge is -2.36. The number of piperazine rings is 1. The van der Waals surface area contributed by atoms with Crippen LogP contribution < -0.4 is 4.90 Å². The van der Waals surface area contributed by atoms with Crippen LogP contribution in [0.2, 0.25) is 0 Å². The Labute approximate surface area is 245 Å². The third-order valence-electron chi connectivity index (χ3n) is 7.53. The van der Waals surface area contributed by atoms with Crippen LogP contribution in [0.15, 0.2) is 79.1 Å². The van der Waals surface area contributed by atoms with Gasteiger partial charge in [-0.05, 0) is 24.1 Å². The van der Waals surface area contributed by atoms with E-state index in [0.29, 0.717) is 44.1 Å². The van der Waals surface area contributed by atoms with Gasteiger partial charge in [-0.25, -0.2) is 4.79 Å². The number of rotatable bonds is 4. The zero-order chi connectivity index (χ0) is 30.6. The fraction of sp³-hybridized carbons (Fsp3) is 0.290. The quantitative estimate of drug-likeness (QED) is 0.369. The number of alkyl halides is 3. The number of benzene rings is 2. The standard InChI is InChI=1S/C29H29N5O2.C2HF3O2/c35-28(32-19-17-31(18-20-32)23-11-13-30-14-12-23)26-24-9-4-5-10-25(24)27-29(36)33(15-6-16-34(26)27)21-22-7-2-1-3-8-22;3-2(4,5)1(6)7/h1-5,7-14H,6,15-21H2;(H,6,7). The van der Waals surface area contributed by atoms with Crippen LogP contribution in [0.1, 0.15) is 33.0 Å². The number of carbonyl (C=O) groups excluding carboxylic acids is 2. The number of hydrogen-bond donors (Lipinski definition) is 1. The largest absolute Gasteiger partial charge is 0.490 e. The van der Waals surface area contributed by atoms with E-state index in [4.69, 9.17) is 9.90 Å². The monoisotopic (exact) mass is 593 g/mol.